The van der Waals surface area contributed by atoms with E-state index in [2.05, 4.69) is 0 Å². The van der Waals surface area contributed by atoms with Gasteiger partial charge in [-0.05, 0) is 49.3 Å². The standard InChI is InChI=1S/C15H16ClF3O2/c16-12-7-5-10(6-8-12)9-1-3-11(4-2-9)13(20)14(21)15(17,18)19/h5-9,11,14,21H,1-4H2. The van der Waals surface area contributed by atoms with Crippen molar-refractivity contribution in [2.45, 2.75) is 43.9 Å². The minimum absolute atomic E-state index is 0.231. The maximum Gasteiger partial charge on any atom is 0.421 e. The molecule has 1 aliphatic carbocycles. The molecule has 116 valence electrons. The maximum atomic E-state index is 12.4. The number of rotatable bonds is 3. The van der Waals surface area contributed by atoms with Crippen molar-refractivity contribution in [1.82, 2.24) is 0 Å². The molecule has 1 aliphatic rings. The summed E-state index contributed by atoms with van der Waals surface area (Å²) in [7, 11) is 0. The average Bonchev–Trinajstić information content (AvgIpc) is 2.46. The Hall–Kier alpha value is -1.07. The molecule has 0 aromatic heterocycles. The minimum atomic E-state index is -4.87. The van der Waals surface area contributed by atoms with E-state index in [0.717, 1.165) is 5.56 Å². The van der Waals surface area contributed by atoms with Gasteiger partial charge in [-0.15, -0.1) is 0 Å². The molecule has 1 aromatic carbocycles. The molecule has 2 rings (SSSR count). The van der Waals surface area contributed by atoms with E-state index in [4.69, 9.17) is 16.7 Å². The molecular weight excluding hydrogens is 305 g/mol. The maximum absolute atomic E-state index is 12.4. The van der Waals surface area contributed by atoms with Crippen LogP contribution in [0.1, 0.15) is 37.2 Å². The Labute approximate surface area is 125 Å². The number of aliphatic hydroxyl groups excluding tert-OH is 1. The Morgan fingerprint density at radius 3 is 2.14 bits per heavy atom. The monoisotopic (exact) mass is 320 g/mol. The average molecular weight is 321 g/mol. The van der Waals surface area contributed by atoms with Crippen molar-refractivity contribution in [3.63, 3.8) is 0 Å². The smallest absolute Gasteiger partial charge is 0.377 e. The van der Waals surface area contributed by atoms with Gasteiger partial charge < -0.3 is 5.11 Å². The first-order valence-corrected chi connectivity index (χ1v) is 7.21. The van der Waals surface area contributed by atoms with Crippen LogP contribution in [0, 0.1) is 5.92 Å². The zero-order chi connectivity index (χ0) is 15.6. The lowest BCUT2D eigenvalue weighted by Crippen LogP contribution is -2.41. The molecule has 1 unspecified atom stereocenters. The number of hydrogen-bond donors (Lipinski definition) is 1. The normalized spacial score (nSPS) is 24.6. The van der Waals surface area contributed by atoms with E-state index in [1.54, 1.807) is 12.1 Å². The van der Waals surface area contributed by atoms with Crippen LogP contribution in [0.2, 0.25) is 5.02 Å². The van der Waals surface area contributed by atoms with Crippen molar-refractivity contribution in [2.75, 3.05) is 0 Å². The Morgan fingerprint density at radius 2 is 1.67 bits per heavy atom. The first kappa shape index (κ1) is 16.3. The highest BCUT2D eigenvalue weighted by Gasteiger charge is 2.46. The number of alkyl halides is 3. The number of hydrogen-bond acceptors (Lipinski definition) is 2. The van der Waals surface area contributed by atoms with Gasteiger partial charge in [-0.3, -0.25) is 4.79 Å². The molecule has 0 radical (unpaired) electrons. The second kappa shape index (κ2) is 6.36. The lowest BCUT2D eigenvalue weighted by molar-refractivity contribution is -0.206. The molecule has 0 saturated heterocycles. The van der Waals surface area contributed by atoms with Crippen LogP contribution in [0.15, 0.2) is 24.3 Å². The van der Waals surface area contributed by atoms with Gasteiger partial charge in [0.15, 0.2) is 5.78 Å². The molecule has 1 saturated carbocycles. The van der Waals surface area contributed by atoms with E-state index in [9.17, 15) is 18.0 Å². The SMILES string of the molecule is O=C(C1CCC(c2ccc(Cl)cc2)CC1)C(O)C(F)(F)F. The number of Topliss-reactive ketones (excluding diaryl/α,β-unsaturated/α-hetero) is 1. The highest BCUT2D eigenvalue weighted by molar-refractivity contribution is 6.30. The van der Waals surface area contributed by atoms with Crippen molar-refractivity contribution in [3.05, 3.63) is 34.9 Å². The quantitative estimate of drug-likeness (QED) is 0.910. The number of aliphatic hydroxyl groups is 1. The van der Waals surface area contributed by atoms with Gasteiger partial charge in [-0.25, -0.2) is 0 Å². The van der Waals surface area contributed by atoms with Gasteiger partial charge in [0.05, 0.1) is 0 Å². The summed E-state index contributed by atoms with van der Waals surface area (Å²) in [5, 5.41) is 9.67. The first-order valence-electron chi connectivity index (χ1n) is 6.83. The Morgan fingerprint density at radius 1 is 1.14 bits per heavy atom. The third-order valence-electron chi connectivity index (χ3n) is 4.05. The molecule has 1 N–H and O–H groups in total. The minimum Gasteiger partial charge on any atom is -0.377 e. The van der Waals surface area contributed by atoms with Crippen LogP contribution < -0.4 is 0 Å². The fourth-order valence-corrected chi connectivity index (χ4v) is 2.96. The van der Waals surface area contributed by atoms with Crippen LogP contribution in [-0.2, 0) is 4.79 Å². The number of ketones is 1. The van der Waals surface area contributed by atoms with Crippen molar-refractivity contribution in [1.29, 1.82) is 0 Å². The van der Waals surface area contributed by atoms with E-state index >= 15 is 0 Å². The van der Waals surface area contributed by atoms with Crippen molar-refractivity contribution in [2.24, 2.45) is 5.92 Å². The Balaban J connectivity index is 1.94. The first-order chi connectivity index (χ1) is 9.79. The van der Waals surface area contributed by atoms with Crippen molar-refractivity contribution >= 4 is 17.4 Å². The van der Waals surface area contributed by atoms with Gasteiger partial charge in [-0.1, -0.05) is 23.7 Å². The van der Waals surface area contributed by atoms with Crippen LogP contribution in [0.25, 0.3) is 0 Å². The van der Waals surface area contributed by atoms with Gasteiger partial charge in [0.1, 0.15) is 0 Å². The zero-order valence-electron chi connectivity index (χ0n) is 11.2. The molecule has 21 heavy (non-hydrogen) atoms. The molecular formula is C15H16ClF3O2. The zero-order valence-corrected chi connectivity index (χ0v) is 12.0. The topological polar surface area (TPSA) is 37.3 Å². The van der Waals surface area contributed by atoms with Crippen LogP contribution in [-0.4, -0.2) is 23.2 Å². The predicted octanol–water partition coefficient (Wildman–Crippen LogP) is 4.11. The Bertz CT molecular complexity index is 491. The molecule has 1 atom stereocenters. The molecule has 1 aromatic rings. The van der Waals surface area contributed by atoms with Crippen LogP contribution in [0.4, 0.5) is 13.2 Å². The summed E-state index contributed by atoms with van der Waals surface area (Å²) in [5.41, 5.74) is 1.08. The molecule has 0 bridgehead atoms. The van der Waals surface area contributed by atoms with E-state index in [1.807, 2.05) is 12.1 Å². The molecule has 0 amide bonds. The predicted molar refractivity (Wildman–Crippen MR) is 73.2 cm³/mol. The molecule has 0 heterocycles. The third kappa shape index (κ3) is 3.98. The van der Waals surface area contributed by atoms with Crippen LogP contribution in [0.3, 0.4) is 0 Å². The molecule has 2 nitrogen and oxygen atoms in total. The second-order valence-electron chi connectivity index (χ2n) is 5.45. The van der Waals surface area contributed by atoms with E-state index in [-0.39, 0.29) is 5.92 Å². The largest absolute Gasteiger partial charge is 0.421 e. The summed E-state index contributed by atoms with van der Waals surface area (Å²) >= 11 is 5.81. The summed E-state index contributed by atoms with van der Waals surface area (Å²) in [4.78, 5) is 11.6. The summed E-state index contributed by atoms with van der Waals surface area (Å²) in [6.45, 7) is 0. The number of carbonyl (C=O) groups excluding carboxylic acids is 1. The van der Waals surface area contributed by atoms with Crippen molar-refractivity contribution in [3.8, 4) is 0 Å². The van der Waals surface area contributed by atoms with Gasteiger partial charge in [0.25, 0.3) is 0 Å². The molecule has 6 heteroatoms. The van der Waals surface area contributed by atoms with Crippen LogP contribution in [0.5, 0.6) is 0 Å². The molecule has 0 spiro atoms. The Kier molecular flexibility index (Phi) is 4.94. The van der Waals surface area contributed by atoms with Crippen LogP contribution >= 0.6 is 11.6 Å². The summed E-state index contributed by atoms with van der Waals surface area (Å²) in [6, 6.07) is 7.36. The number of carbonyl (C=O) groups is 1. The molecule has 0 aliphatic heterocycles. The van der Waals surface area contributed by atoms with Crippen molar-refractivity contribution < 1.29 is 23.1 Å². The lowest BCUT2D eigenvalue weighted by atomic mass is 9.76. The second-order valence-corrected chi connectivity index (χ2v) is 5.88. The van der Waals surface area contributed by atoms with Gasteiger partial charge in [0.2, 0.25) is 6.10 Å². The van der Waals surface area contributed by atoms with Gasteiger partial charge in [-0.2, -0.15) is 13.2 Å². The van der Waals surface area contributed by atoms with Gasteiger partial charge in [0, 0.05) is 10.9 Å². The number of benzene rings is 1. The third-order valence-corrected chi connectivity index (χ3v) is 4.30. The van der Waals surface area contributed by atoms with E-state index in [1.165, 1.54) is 0 Å². The highest BCUT2D eigenvalue weighted by Crippen LogP contribution is 2.38. The fourth-order valence-electron chi connectivity index (χ4n) is 2.83. The summed E-state index contributed by atoms with van der Waals surface area (Å²) in [6.07, 6.45) is -5.69. The highest BCUT2D eigenvalue weighted by atomic mass is 35.5. The number of halogens is 4. The van der Waals surface area contributed by atoms with E-state index in [0.29, 0.717) is 30.7 Å². The molecule has 1 fully saturated rings. The van der Waals surface area contributed by atoms with E-state index < -0.39 is 24.0 Å². The van der Waals surface area contributed by atoms with Gasteiger partial charge >= 0.3 is 6.18 Å². The fraction of sp³-hybridized carbons (Fsp3) is 0.533. The lowest BCUT2D eigenvalue weighted by Gasteiger charge is -2.29. The summed E-state index contributed by atoms with van der Waals surface area (Å²) in [5.74, 6) is -1.57. The summed E-state index contributed by atoms with van der Waals surface area (Å²) < 4.78 is 37.1.